The molecule has 2 aliphatic heterocycles. The largest absolute Gasteiger partial charge is 0.383 e. The molecule has 1 spiro atoms. The minimum atomic E-state index is 0.306. The molecule has 0 aromatic rings. The van der Waals surface area contributed by atoms with Crippen molar-refractivity contribution in [2.75, 3.05) is 33.9 Å². The number of hydrogen-bond donors (Lipinski definition) is 0. The summed E-state index contributed by atoms with van der Waals surface area (Å²) in [6.45, 7) is 2.66. The maximum absolute atomic E-state index is 12.6. The Labute approximate surface area is 134 Å². The summed E-state index contributed by atoms with van der Waals surface area (Å²) >= 11 is 0. The number of rotatable bonds is 3. The number of likely N-dealkylation sites (tertiary alicyclic amines) is 2. The molecule has 4 heteroatoms. The number of hydrogen-bond acceptors (Lipinski definition) is 3. The first kappa shape index (κ1) is 16.0. The molecule has 2 fully saturated rings. The molecule has 2 heterocycles. The van der Waals surface area contributed by atoms with Gasteiger partial charge in [-0.1, -0.05) is 6.08 Å². The number of carbonyl (C=O) groups excluding carboxylic acids is 1. The fourth-order valence-electron chi connectivity index (χ4n) is 4.54. The van der Waals surface area contributed by atoms with Crippen LogP contribution in [0.3, 0.4) is 0 Å². The molecule has 1 amide bonds. The van der Waals surface area contributed by atoms with E-state index >= 15 is 0 Å². The summed E-state index contributed by atoms with van der Waals surface area (Å²) in [6.07, 6.45) is 11.4. The van der Waals surface area contributed by atoms with Crippen molar-refractivity contribution in [3.63, 3.8) is 0 Å². The van der Waals surface area contributed by atoms with Gasteiger partial charge in [0.1, 0.15) is 0 Å². The predicted molar refractivity (Wildman–Crippen MR) is 87.8 cm³/mol. The molecule has 3 aliphatic rings. The Morgan fingerprint density at radius 2 is 2.09 bits per heavy atom. The van der Waals surface area contributed by atoms with Crippen molar-refractivity contribution in [3.8, 4) is 0 Å². The van der Waals surface area contributed by atoms with E-state index in [1.165, 1.54) is 25.7 Å². The number of ether oxygens (including phenoxy) is 1. The van der Waals surface area contributed by atoms with Gasteiger partial charge in [-0.3, -0.25) is 9.69 Å². The third-order valence-corrected chi connectivity index (χ3v) is 6.14. The molecule has 0 aromatic carbocycles. The molecule has 22 heavy (non-hydrogen) atoms. The third-order valence-electron chi connectivity index (χ3n) is 6.14. The zero-order chi connectivity index (χ0) is 15.6. The Morgan fingerprint density at radius 3 is 2.73 bits per heavy atom. The Balaban J connectivity index is 1.58. The summed E-state index contributed by atoms with van der Waals surface area (Å²) < 4.78 is 5.36. The van der Waals surface area contributed by atoms with Crippen LogP contribution in [0.1, 0.15) is 51.4 Å². The van der Waals surface area contributed by atoms with Crippen LogP contribution in [-0.2, 0) is 9.53 Å². The van der Waals surface area contributed by atoms with Crippen molar-refractivity contribution in [1.29, 1.82) is 0 Å². The van der Waals surface area contributed by atoms with Crippen molar-refractivity contribution in [3.05, 3.63) is 11.6 Å². The molecule has 1 unspecified atom stereocenters. The van der Waals surface area contributed by atoms with E-state index in [9.17, 15) is 4.79 Å². The minimum Gasteiger partial charge on any atom is -0.383 e. The second kappa shape index (κ2) is 6.71. The Bertz CT molecular complexity index is 438. The fourth-order valence-corrected chi connectivity index (χ4v) is 4.54. The van der Waals surface area contributed by atoms with Crippen LogP contribution < -0.4 is 0 Å². The third kappa shape index (κ3) is 2.95. The zero-order valence-electron chi connectivity index (χ0n) is 14.1. The molecule has 124 valence electrons. The predicted octanol–water partition coefficient (Wildman–Crippen LogP) is 2.59. The lowest BCUT2D eigenvalue weighted by molar-refractivity contribution is -0.129. The van der Waals surface area contributed by atoms with Gasteiger partial charge < -0.3 is 9.64 Å². The lowest BCUT2D eigenvalue weighted by Crippen LogP contribution is -2.54. The highest BCUT2D eigenvalue weighted by Crippen LogP contribution is 2.40. The molecule has 0 bridgehead atoms. The first-order valence-electron chi connectivity index (χ1n) is 8.86. The number of likely N-dealkylation sites (N-methyl/N-ethyl adjacent to an activating group) is 1. The quantitative estimate of drug-likeness (QED) is 0.803. The summed E-state index contributed by atoms with van der Waals surface area (Å²) in [5.74, 6) is 0.309. The van der Waals surface area contributed by atoms with Gasteiger partial charge in [0.25, 0.3) is 0 Å². The maximum atomic E-state index is 12.6. The van der Waals surface area contributed by atoms with Gasteiger partial charge in [-0.05, 0) is 58.4 Å². The first-order valence-corrected chi connectivity index (χ1v) is 8.86. The molecule has 3 rings (SSSR count). The smallest absolute Gasteiger partial charge is 0.249 e. The molecular formula is C18H30N2O2. The van der Waals surface area contributed by atoms with Crippen LogP contribution in [0.2, 0.25) is 0 Å². The zero-order valence-corrected chi connectivity index (χ0v) is 14.1. The molecule has 0 aromatic heterocycles. The fraction of sp³-hybridized carbons (Fsp3) is 0.833. The molecule has 0 saturated carbocycles. The summed E-state index contributed by atoms with van der Waals surface area (Å²) in [6, 6.07) is 0.549. The molecule has 0 N–H and O–H groups in total. The average molecular weight is 306 g/mol. The van der Waals surface area contributed by atoms with E-state index in [0.29, 0.717) is 17.5 Å². The lowest BCUT2D eigenvalue weighted by Gasteiger charge is -2.45. The number of methoxy groups -OCH3 is 1. The second-order valence-electron chi connectivity index (χ2n) is 7.25. The van der Waals surface area contributed by atoms with Gasteiger partial charge >= 0.3 is 0 Å². The van der Waals surface area contributed by atoms with Crippen LogP contribution in [-0.4, -0.2) is 61.1 Å². The number of carbonyl (C=O) groups is 1. The summed E-state index contributed by atoms with van der Waals surface area (Å²) in [4.78, 5) is 17.3. The van der Waals surface area contributed by atoms with Crippen LogP contribution in [0.25, 0.3) is 0 Å². The maximum Gasteiger partial charge on any atom is 0.249 e. The normalized spacial score (nSPS) is 28.9. The minimum absolute atomic E-state index is 0.306. The van der Waals surface area contributed by atoms with Crippen LogP contribution >= 0.6 is 0 Å². The summed E-state index contributed by atoms with van der Waals surface area (Å²) in [7, 11) is 4.04. The van der Waals surface area contributed by atoms with Gasteiger partial charge in [-0.2, -0.15) is 0 Å². The van der Waals surface area contributed by atoms with Gasteiger partial charge in [-0.25, -0.2) is 0 Å². The summed E-state index contributed by atoms with van der Waals surface area (Å²) in [5, 5.41) is 0. The number of allylic oxidation sites excluding steroid dienone is 1. The van der Waals surface area contributed by atoms with Gasteiger partial charge in [0, 0.05) is 37.4 Å². The molecule has 2 saturated heterocycles. The van der Waals surface area contributed by atoms with E-state index in [1.807, 2.05) is 0 Å². The highest BCUT2D eigenvalue weighted by Gasteiger charge is 2.46. The van der Waals surface area contributed by atoms with Gasteiger partial charge in [0.15, 0.2) is 0 Å². The number of nitrogens with zero attached hydrogens (tertiary/aromatic N) is 2. The molecule has 1 atom stereocenters. The van der Waals surface area contributed by atoms with Crippen LogP contribution in [0.4, 0.5) is 0 Å². The molecule has 0 radical (unpaired) electrons. The Morgan fingerprint density at radius 1 is 1.32 bits per heavy atom. The monoisotopic (exact) mass is 306 g/mol. The van der Waals surface area contributed by atoms with E-state index in [4.69, 9.17) is 4.74 Å². The van der Waals surface area contributed by atoms with Crippen molar-refractivity contribution in [2.45, 2.75) is 62.9 Å². The van der Waals surface area contributed by atoms with E-state index in [1.54, 1.807) is 7.11 Å². The number of piperidine rings is 1. The standard InChI is InChI=1S/C18H30N2O2/c1-19-16(14-22-2)8-9-18(19)10-12-20(13-11-18)17(21)15-6-4-3-5-7-15/h6,16H,3-5,7-14H2,1-2H3. The van der Waals surface area contributed by atoms with E-state index in [2.05, 4.69) is 22.9 Å². The van der Waals surface area contributed by atoms with Gasteiger partial charge in [0.2, 0.25) is 5.91 Å². The van der Waals surface area contributed by atoms with E-state index in [-0.39, 0.29) is 0 Å². The van der Waals surface area contributed by atoms with Crippen molar-refractivity contribution in [2.24, 2.45) is 0 Å². The van der Waals surface area contributed by atoms with E-state index < -0.39 is 0 Å². The lowest BCUT2D eigenvalue weighted by atomic mass is 9.85. The van der Waals surface area contributed by atoms with Crippen LogP contribution in [0.5, 0.6) is 0 Å². The average Bonchev–Trinajstić information content (AvgIpc) is 2.86. The van der Waals surface area contributed by atoms with Crippen molar-refractivity contribution < 1.29 is 9.53 Å². The SMILES string of the molecule is COCC1CCC2(CCN(C(=O)C3=CCCCC3)CC2)N1C. The van der Waals surface area contributed by atoms with Crippen molar-refractivity contribution >= 4 is 5.91 Å². The van der Waals surface area contributed by atoms with Gasteiger partial charge in [0.05, 0.1) is 6.61 Å². The highest BCUT2D eigenvalue weighted by molar-refractivity contribution is 5.93. The molecule has 4 nitrogen and oxygen atoms in total. The Kier molecular flexibility index (Phi) is 4.88. The second-order valence-corrected chi connectivity index (χ2v) is 7.25. The topological polar surface area (TPSA) is 32.8 Å². The van der Waals surface area contributed by atoms with Gasteiger partial charge in [-0.15, -0.1) is 0 Å². The Hall–Kier alpha value is -0.870. The van der Waals surface area contributed by atoms with Crippen molar-refractivity contribution in [1.82, 2.24) is 9.80 Å². The first-order chi connectivity index (χ1) is 10.7. The van der Waals surface area contributed by atoms with Crippen LogP contribution in [0, 0.1) is 0 Å². The molecule has 1 aliphatic carbocycles. The van der Waals surface area contributed by atoms with E-state index in [0.717, 1.165) is 51.0 Å². The van der Waals surface area contributed by atoms with Crippen LogP contribution in [0.15, 0.2) is 11.6 Å². The summed E-state index contributed by atoms with van der Waals surface area (Å²) in [5.41, 5.74) is 1.38. The molecular weight excluding hydrogens is 276 g/mol. The number of amides is 1. The highest BCUT2D eigenvalue weighted by atomic mass is 16.5.